The van der Waals surface area contributed by atoms with Gasteiger partial charge in [-0.3, -0.25) is 14.9 Å². The molecule has 21 heavy (non-hydrogen) atoms. The van der Waals surface area contributed by atoms with Gasteiger partial charge in [0.05, 0.1) is 5.69 Å². The quantitative estimate of drug-likeness (QED) is 0.897. The Balaban J connectivity index is 1.83. The number of pyridine rings is 2. The molecule has 1 unspecified atom stereocenters. The summed E-state index contributed by atoms with van der Waals surface area (Å²) in [4.78, 5) is 10.9. The summed E-state index contributed by atoms with van der Waals surface area (Å²) in [6.45, 7) is 5.38. The fourth-order valence-corrected chi connectivity index (χ4v) is 2.76. The topological polar surface area (TPSA) is 61.3 Å². The summed E-state index contributed by atoms with van der Waals surface area (Å²) >= 11 is 0. The maximum Gasteiger partial charge on any atom is 0.138 e. The van der Waals surface area contributed by atoms with Crippen molar-refractivity contribution in [3.63, 3.8) is 0 Å². The van der Waals surface area contributed by atoms with Gasteiger partial charge >= 0.3 is 0 Å². The van der Waals surface area contributed by atoms with Gasteiger partial charge in [-0.2, -0.15) is 0 Å². The molecule has 3 rings (SSSR count). The van der Waals surface area contributed by atoms with E-state index in [1.807, 2.05) is 37.5 Å². The van der Waals surface area contributed by atoms with Crippen LogP contribution in [0.25, 0.3) is 0 Å². The number of rotatable bonds is 3. The van der Waals surface area contributed by atoms with Gasteiger partial charge in [0.15, 0.2) is 0 Å². The predicted octanol–water partition coefficient (Wildman–Crippen LogP) is 1.64. The average molecular weight is 284 g/mol. The van der Waals surface area contributed by atoms with E-state index >= 15 is 0 Å². The number of hydrogen-bond donors (Lipinski definition) is 2. The summed E-state index contributed by atoms with van der Waals surface area (Å²) in [5.41, 5.74) is 2.92. The number of hydrogen-bond acceptors (Lipinski definition) is 5. The molecule has 2 aromatic heterocycles. The average Bonchev–Trinajstić information content (AvgIpc) is 2.52. The minimum absolute atomic E-state index is 0.271. The van der Waals surface area contributed by atoms with E-state index in [1.165, 1.54) is 5.56 Å². The molecule has 5 nitrogen and oxygen atoms in total. The molecule has 5 heteroatoms. The van der Waals surface area contributed by atoms with Crippen molar-refractivity contribution < 1.29 is 5.11 Å². The standard InChI is InChI=1S/C16H20N4O/c1-12-2-3-16(21)14(19-12)11-20-9-8-18-10-15(20)13-4-6-17-7-5-13/h2-7,15,18,21H,8-11H2,1H3. The summed E-state index contributed by atoms with van der Waals surface area (Å²) in [5.74, 6) is 0.271. The first-order valence-corrected chi connectivity index (χ1v) is 7.24. The Morgan fingerprint density at radius 3 is 2.90 bits per heavy atom. The Hall–Kier alpha value is -1.98. The zero-order chi connectivity index (χ0) is 14.7. The molecule has 3 heterocycles. The third-order valence-electron chi connectivity index (χ3n) is 3.89. The second-order valence-electron chi connectivity index (χ2n) is 5.39. The van der Waals surface area contributed by atoms with Crippen molar-refractivity contribution in [2.24, 2.45) is 0 Å². The maximum atomic E-state index is 10.0. The normalized spacial score (nSPS) is 19.6. The van der Waals surface area contributed by atoms with Crippen LogP contribution in [0.1, 0.15) is 23.0 Å². The second-order valence-corrected chi connectivity index (χ2v) is 5.39. The van der Waals surface area contributed by atoms with E-state index in [4.69, 9.17) is 0 Å². The Labute approximate surface area is 124 Å². The van der Waals surface area contributed by atoms with E-state index in [0.717, 1.165) is 31.0 Å². The molecule has 1 aliphatic heterocycles. The fourth-order valence-electron chi connectivity index (χ4n) is 2.76. The summed E-state index contributed by atoms with van der Waals surface area (Å²) in [6, 6.07) is 7.93. The van der Waals surface area contributed by atoms with Crippen LogP contribution in [0.5, 0.6) is 5.75 Å². The van der Waals surface area contributed by atoms with Crippen LogP contribution in [0.4, 0.5) is 0 Å². The smallest absolute Gasteiger partial charge is 0.138 e. The molecule has 0 spiro atoms. The molecule has 1 fully saturated rings. The lowest BCUT2D eigenvalue weighted by molar-refractivity contribution is 0.150. The highest BCUT2D eigenvalue weighted by Crippen LogP contribution is 2.25. The van der Waals surface area contributed by atoms with Gasteiger partial charge in [-0.1, -0.05) is 0 Å². The highest BCUT2D eigenvalue weighted by molar-refractivity contribution is 5.28. The highest BCUT2D eigenvalue weighted by Gasteiger charge is 2.24. The first kappa shape index (κ1) is 14.0. The molecular formula is C16H20N4O. The molecular weight excluding hydrogens is 264 g/mol. The monoisotopic (exact) mass is 284 g/mol. The van der Waals surface area contributed by atoms with Crippen LogP contribution < -0.4 is 5.32 Å². The van der Waals surface area contributed by atoms with Crippen molar-refractivity contribution in [3.8, 4) is 5.75 Å². The van der Waals surface area contributed by atoms with Crippen molar-refractivity contribution in [3.05, 3.63) is 53.6 Å². The molecule has 2 aromatic rings. The van der Waals surface area contributed by atoms with Gasteiger partial charge in [0.25, 0.3) is 0 Å². The molecule has 0 radical (unpaired) electrons. The molecule has 0 aliphatic carbocycles. The molecule has 0 aromatic carbocycles. The fraction of sp³-hybridized carbons (Fsp3) is 0.375. The number of aromatic nitrogens is 2. The van der Waals surface area contributed by atoms with Gasteiger partial charge in [0.1, 0.15) is 5.75 Å². The lowest BCUT2D eigenvalue weighted by atomic mass is 10.0. The van der Waals surface area contributed by atoms with Crippen LogP contribution in [-0.2, 0) is 6.54 Å². The van der Waals surface area contributed by atoms with E-state index in [2.05, 4.69) is 20.2 Å². The predicted molar refractivity (Wildman–Crippen MR) is 80.9 cm³/mol. The van der Waals surface area contributed by atoms with Crippen molar-refractivity contribution in [1.82, 2.24) is 20.2 Å². The zero-order valence-corrected chi connectivity index (χ0v) is 12.2. The number of aryl methyl sites for hydroxylation is 1. The molecule has 0 saturated carbocycles. The lowest BCUT2D eigenvalue weighted by Crippen LogP contribution is -2.45. The molecule has 110 valence electrons. The molecule has 1 aliphatic rings. The number of aromatic hydroxyl groups is 1. The van der Waals surface area contributed by atoms with E-state index in [-0.39, 0.29) is 11.8 Å². The zero-order valence-electron chi connectivity index (χ0n) is 12.2. The lowest BCUT2D eigenvalue weighted by Gasteiger charge is -2.36. The van der Waals surface area contributed by atoms with Crippen LogP contribution in [0.3, 0.4) is 0 Å². The molecule has 0 bridgehead atoms. The highest BCUT2D eigenvalue weighted by atomic mass is 16.3. The summed E-state index contributed by atoms with van der Waals surface area (Å²) in [5, 5.41) is 13.4. The van der Waals surface area contributed by atoms with Crippen molar-refractivity contribution >= 4 is 0 Å². The van der Waals surface area contributed by atoms with E-state index in [1.54, 1.807) is 6.07 Å². The van der Waals surface area contributed by atoms with E-state index in [0.29, 0.717) is 6.54 Å². The Morgan fingerprint density at radius 2 is 2.10 bits per heavy atom. The first-order valence-electron chi connectivity index (χ1n) is 7.24. The summed E-state index contributed by atoms with van der Waals surface area (Å²) < 4.78 is 0. The summed E-state index contributed by atoms with van der Waals surface area (Å²) in [7, 11) is 0. The van der Waals surface area contributed by atoms with Gasteiger partial charge in [0, 0.05) is 50.3 Å². The largest absolute Gasteiger partial charge is 0.506 e. The van der Waals surface area contributed by atoms with Crippen LogP contribution in [0, 0.1) is 6.92 Å². The van der Waals surface area contributed by atoms with Gasteiger partial charge in [0.2, 0.25) is 0 Å². The van der Waals surface area contributed by atoms with Gasteiger partial charge in [-0.15, -0.1) is 0 Å². The van der Waals surface area contributed by atoms with E-state index < -0.39 is 0 Å². The SMILES string of the molecule is Cc1ccc(O)c(CN2CCNCC2c2ccncc2)n1. The molecule has 0 amide bonds. The number of nitrogens with zero attached hydrogens (tertiary/aromatic N) is 3. The van der Waals surface area contributed by atoms with Gasteiger partial charge in [-0.25, -0.2) is 0 Å². The summed E-state index contributed by atoms with van der Waals surface area (Å²) in [6.07, 6.45) is 3.65. The van der Waals surface area contributed by atoms with Crippen LogP contribution in [0.2, 0.25) is 0 Å². The van der Waals surface area contributed by atoms with Gasteiger partial charge in [-0.05, 0) is 36.8 Å². The second kappa shape index (κ2) is 6.20. The minimum atomic E-state index is 0.271. The molecule has 1 atom stereocenters. The Morgan fingerprint density at radius 1 is 1.29 bits per heavy atom. The Bertz CT molecular complexity index is 602. The van der Waals surface area contributed by atoms with Crippen LogP contribution in [0.15, 0.2) is 36.7 Å². The van der Waals surface area contributed by atoms with Crippen molar-refractivity contribution in [1.29, 1.82) is 0 Å². The van der Waals surface area contributed by atoms with E-state index in [9.17, 15) is 5.11 Å². The van der Waals surface area contributed by atoms with Crippen LogP contribution >= 0.6 is 0 Å². The number of piperazine rings is 1. The molecule has 1 saturated heterocycles. The van der Waals surface area contributed by atoms with Crippen molar-refractivity contribution in [2.45, 2.75) is 19.5 Å². The van der Waals surface area contributed by atoms with Crippen LogP contribution in [-0.4, -0.2) is 39.6 Å². The first-order chi connectivity index (χ1) is 10.2. The maximum absolute atomic E-state index is 10.0. The van der Waals surface area contributed by atoms with Gasteiger partial charge < -0.3 is 10.4 Å². The minimum Gasteiger partial charge on any atom is -0.506 e. The third-order valence-corrected chi connectivity index (χ3v) is 3.89. The Kier molecular flexibility index (Phi) is 4.13. The van der Waals surface area contributed by atoms with Crippen molar-refractivity contribution in [2.75, 3.05) is 19.6 Å². The number of nitrogens with one attached hydrogen (secondary N) is 1. The molecule has 2 N–H and O–H groups in total. The third kappa shape index (κ3) is 3.20.